The summed E-state index contributed by atoms with van der Waals surface area (Å²) in [5.74, 6) is 0.758. The van der Waals surface area contributed by atoms with Crippen LogP contribution in [0.15, 0.2) is 68.6 Å². The van der Waals surface area contributed by atoms with E-state index in [9.17, 15) is 4.79 Å². The quantitative estimate of drug-likeness (QED) is 0.368. The van der Waals surface area contributed by atoms with E-state index in [-0.39, 0.29) is 12.5 Å². The fourth-order valence-corrected chi connectivity index (χ4v) is 2.88. The lowest BCUT2D eigenvalue weighted by Crippen LogP contribution is -2.25. The van der Waals surface area contributed by atoms with Crippen LogP contribution in [0.4, 0.5) is 5.69 Å². The topological polar surface area (TPSA) is 66.6 Å². The molecule has 0 radical (unpaired) electrons. The molecule has 1 amide bonds. The average molecular weight is 467 g/mol. The SMILES string of the molecule is O=C(CNc1ccc(Br)cc1)N/N=C\c1ccc(-c2cccc(Cl)c2Cl)o1. The van der Waals surface area contributed by atoms with Gasteiger partial charge in [0.1, 0.15) is 11.5 Å². The second-order valence-electron chi connectivity index (χ2n) is 5.46. The number of benzene rings is 2. The second-order valence-corrected chi connectivity index (χ2v) is 7.16. The van der Waals surface area contributed by atoms with Crippen LogP contribution < -0.4 is 10.7 Å². The van der Waals surface area contributed by atoms with E-state index in [0.717, 1.165) is 10.2 Å². The molecule has 1 heterocycles. The van der Waals surface area contributed by atoms with Crippen molar-refractivity contribution in [2.75, 3.05) is 11.9 Å². The third-order valence-electron chi connectivity index (χ3n) is 3.52. The Labute approximate surface area is 174 Å². The number of hydrogen-bond donors (Lipinski definition) is 2. The van der Waals surface area contributed by atoms with Crippen LogP contribution in [-0.2, 0) is 4.79 Å². The van der Waals surface area contributed by atoms with Gasteiger partial charge in [0.15, 0.2) is 0 Å². The van der Waals surface area contributed by atoms with Gasteiger partial charge in [0.25, 0.3) is 5.91 Å². The van der Waals surface area contributed by atoms with E-state index in [2.05, 4.69) is 31.8 Å². The minimum Gasteiger partial charge on any atom is -0.455 e. The lowest BCUT2D eigenvalue weighted by atomic mass is 10.2. The van der Waals surface area contributed by atoms with Crippen LogP contribution in [-0.4, -0.2) is 18.7 Å². The Morgan fingerprint density at radius 2 is 1.89 bits per heavy atom. The highest BCUT2D eigenvalue weighted by atomic mass is 79.9. The summed E-state index contributed by atoms with van der Waals surface area (Å²) in [4.78, 5) is 11.8. The van der Waals surface area contributed by atoms with Gasteiger partial charge in [-0.15, -0.1) is 0 Å². The highest BCUT2D eigenvalue weighted by Gasteiger charge is 2.10. The molecule has 0 fully saturated rings. The van der Waals surface area contributed by atoms with Gasteiger partial charge in [-0.2, -0.15) is 5.10 Å². The van der Waals surface area contributed by atoms with Crippen LogP contribution in [0.25, 0.3) is 11.3 Å². The molecule has 0 saturated carbocycles. The lowest BCUT2D eigenvalue weighted by Gasteiger charge is -2.04. The van der Waals surface area contributed by atoms with Gasteiger partial charge in [0.2, 0.25) is 0 Å². The third kappa shape index (κ3) is 5.35. The molecule has 0 saturated heterocycles. The Balaban J connectivity index is 1.54. The van der Waals surface area contributed by atoms with Crippen molar-refractivity contribution in [3.05, 3.63) is 74.9 Å². The van der Waals surface area contributed by atoms with Gasteiger partial charge in [-0.3, -0.25) is 4.79 Å². The molecule has 0 bridgehead atoms. The van der Waals surface area contributed by atoms with Crippen LogP contribution in [0.1, 0.15) is 5.76 Å². The maximum atomic E-state index is 11.8. The maximum absolute atomic E-state index is 11.8. The Bertz CT molecular complexity index is 971. The zero-order chi connectivity index (χ0) is 19.2. The molecular weight excluding hydrogens is 453 g/mol. The fourth-order valence-electron chi connectivity index (χ4n) is 2.22. The van der Waals surface area contributed by atoms with Crippen LogP contribution in [0.5, 0.6) is 0 Å². The Hall–Kier alpha value is -2.28. The summed E-state index contributed by atoms with van der Waals surface area (Å²) in [5, 5.41) is 7.76. The number of anilines is 1. The van der Waals surface area contributed by atoms with Gasteiger partial charge < -0.3 is 9.73 Å². The first kappa shape index (κ1) is 19.5. The monoisotopic (exact) mass is 465 g/mol. The predicted octanol–water partition coefficient (Wildman–Crippen LogP) is 5.58. The number of furan rings is 1. The van der Waals surface area contributed by atoms with Crippen molar-refractivity contribution in [2.45, 2.75) is 0 Å². The normalized spacial score (nSPS) is 10.9. The van der Waals surface area contributed by atoms with Crippen molar-refractivity contribution >= 4 is 56.9 Å². The Morgan fingerprint density at radius 3 is 2.67 bits per heavy atom. The van der Waals surface area contributed by atoms with Gasteiger partial charge in [-0.25, -0.2) is 5.43 Å². The molecule has 3 aromatic rings. The van der Waals surface area contributed by atoms with Gasteiger partial charge >= 0.3 is 0 Å². The van der Waals surface area contributed by atoms with Crippen LogP contribution in [0.3, 0.4) is 0 Å². The van der Waals surface area contributed by atoms with Crippen molar-refractivity contribution in [1.29, 1.82) is 0 Å². The molecule has 3 rings (SSSR count). The number of rotatable bonds is 6. The van der Waals surface area contributed by atoms with E-state index in [1.165, 1.54) is 6.21 Å². The van der Waals surface area contributed by atoms with Crippen molar-refractivity contribution in [2.24, 2.45) is 5.10 Å². The molecule has 0 aliphatic rings. The standard InChI is InChI=1S/C19H14BrCl2N3O2/c20-12-4-6-13(7-5-12)23-11-18(26)25-24-10-14-8-9-17(27-14)15-2-1-3-16(21)19(15)22/h1-10,23H,11H2,(H,25,26)/b24-10-. The van der Waals surface area contributed by atoms with Gasteiger partial charge in [-0.05, 0) is 48.5 Å². The minimum atomic E-state index is -0.279. The highest BCUT2D eigenvalue weighted by molar-refractivity contribution is 9.10. The van der Waals surface area contributed by atoms with Crippen LogP contribution >= 0.6 is 39.1 Å². The molecular formula is C19H14BrCl2N3O2. The number of amides is 1. The number of halogens is 3. The first-order valence-electron chi connectivity index (χ1n) is 7.88. The summed E-state index contributed by atoms with van der Waals surface area (Å²) in [6.45, 7) is 0.0977. The Kier molecular flexibility index (Phi) is 6.55. The molecule has 2 aromatic carbocycles. The van der Waals surface area contributed by atoms with E-state index in [1.807, 2.05) is 30.3 Å². The molecule has 1 aromatic heterocycles. The van der Waals surface area contributed by atoms with Gasteiger partial charge in [0.05, 0.1) is 22.8 Å². The van der Waals surface area contributed by atoms with E-state index in [0.29, 0.717) is 27.1 Å². The zero-order valence-corrected chi connectivity index (χ0v) is 17.0. The fraction of sp³-hybridized carbons (Fsp3) is 0.0526. The highest BCUT2D eigenvalue weighted by Crippen LogP contribution is 2.34. The molecule has 2 N–H and O–H groups in total. The summed E-state index contributed by atoms with van der Waals surface area (Å²) in [5.41, 5.74) is 3.96. The van der Waals surface area contributed by atoms with Crippen molar-refractivity contribution < 1.29 is 9.21 Å². The number of carbonyl (C=O) groups excluding carboxylic acids is 1. The average Bonchev–Trinajstić information content (AvgIpc) is 3.12. The van der Waals surface area contributed by atoms with E-state index in [4.69, 9.17) is 27.6 Å². The summed E-state index contributed by atoms with van der Waals surface area (Å²) in [6, 6.07) is 16.3. The minimum absolute atomic E-state index is 0.0977. The van der Waals surface area contributed by atoms with Crippen molar-refractivity contribution in [3.8, 4) is 11.3 Å². The molecule has 0 aliphatic carbocycles. The second kappa shape index (κ2) is 9.08. The molecule has 138 valence electrons. The van der Waals surface area contributed by atoms with Gasteiger partial charge in [-0.1, -0.05) is 45.2 Å². The number of nitrogens with one attached hydrogen (secondary N) is 2. The molecule has 8 heteroatoms. The predicted molar refractivity (Wildman–Crippen MR) is 113 cm³/mol. The molecule has 5 nitrogen and oxygen atoms in total. The maximum Gasteiger partial charge on any atom is 0.259 e. The van der Waals surface area contributed by atoms with Crippen LogP contribution in [0.2, 0.25) is 10.0 Å². The van der Waals surface area contributed by atoms with E-state index in [1.54, 1.807) is 24.3 Å². The number of nitrogens with zero attached hydrogens (tertiary/aromatic N) is 1. The summed E-state index contributed by atoms with van der Waals surface area (Å²) < 4.78 is 6.64. The lowest BCUT2D eigenvalue weighted by molar-refractivity contribution is -0.119. The smallest absolute Gasteiger partial charge is 0.259 e. The number of carbonyl (C=O) groups is 1. The first-order chi connectivity index (χ1) is 13.0. The molecule has 0 aliphatic heterocycles. The zero-order valence-electron chi connectivity index (χ0n) is 13.9. The Morgan fingerprint density at radius 1 is 1.11 bits per heavy atom. The largest absolute Gasteiger partial charge is 0.455 e. The number of hydrogen-bond acceptors (Lipinski definition) is 4. The molecule has 0 spiro atoms. The molecule has 0 atom stereocenters. The molecule has 0 unspecified atom stereocenters. The van der Waals surface area contributed by atoms with E-state index >= 15 is 0 Å². The summed E-state index contributed by atoms with van der Waals surface area (Å²) in [6.07, 6.45) is 1.42. The van der Waals surface area contributed by atoms with E-state index < -0.39 is 0 Å². The van der Waals surface area contributed by atoms with Crippen LogP contribution in [0, 0.1) is 0 Å². The van der Waals surface area contributed by atoms with Crippen molar-refractivity contribution in [1.82, 2.24) is 5.43 Å². The number of hydrazone groups is 1. The van der Waals surface area contributed by atoms with Gasteiger partial charge in [0, 0.05) is 15.7 Å². The third-order valence-corrected chi connectivity index (χ3v) is 4.87. The molecule has 27 heavy (non-hydrogen) atoms. The first-order valence-corrected chi connectivity index (χ1v) is 9.43. The van der Waals surface area contributed by atoms with Crippen molar-refractivity contribution in [3.63, 3.8) is 0 Å². The summed E-state index contributed by atoms with van der Waals surface area (Å²) >= 11 is 15.6. The summed E-state index contributed by atoms with van der Waals surface area (Å²) in [7, 11) is 0.